The Balaban J connectivity index is 2.60. The molecule has 0 aliphatic carbocycles. The largest absolute Gasteiger partial charge is 0.391 e. The van der Waals surface area contributed by atoms with E-state index in [0.717, 1.165) is 9.71 Å². The van der Waals surface area contributed by atoms with Crippen molar-refractivity contribution in [2.24, 2.45) is 0 Å². The first kappa shape index (κ1) is 7.72. The van der Waals surface area contributed by atoms with Crippen molar-refractivity contribution in [1.29, 1.82) is 0 Å². The molecular weight excluding hydrogens is 176 g/mol. The molecule has 0 bridgehead atoms. The standard InChI is InChI=1S/C7H8N2O2S/c10-3-5-2-9-6(4-11)8-1-7(9)12-5/h1-2,10-11H,3-4H2. The molecule has 2 aromatic heterocycles. The Bertz CT molecular complexity index is 393. The average molecular weight is 184 g/mol. The molecule has 64 valence electrons. The average Bonchev–Trinajstić information content (AvgIpc) is 2.61. The molecule has 0 aliphatic rings. The lowest BCUT2D eigenvalue weighted by Crippen LogP contribution is -1.90. The summed E-state index contributed by atoms with van der Waals surface area (Å²) < 4.78 is 1.79. The minimum Gasteiger partial charge on any atom is -0.391 e. The molecule has 0 saturated carbocycles. The van der Waals surface area contributed by atoms with Gasteiger partial charge in [-0.1, -0.05) is 0 Å². The van der Waals surface area contributed by atoms with E-state index >= 15 is 0 Å². The van der Waals surface area contributed by atoms with E-state index in [2.05, 4.69) is 4.98 Å². The van der Waals surface area contributed by atoms with E-state index in [1.165, 1.54) is 11.3 Å². The zero-order valence-electron chi connectivity index (χ0n) is 6.27. The smallest absolute Gasteiger partial charge is 0.139 e. The molecule has 0 atom stereocenters. The molecule has 12 heavy (non-hydrogen) atoms. The molecule has 5 heteroatoms. The van der Waals surface area contributed by atoms with Crippen LogP contribution in [0.3, 0.4) is 0 Å². The fourth-order valence-electron chi connectivity index (χ4n) is 1.09. The van der Waals surface area contributed by atoms with E-state index < -0.39 is 0 Å². The van der Waals surface area contributed by atoms with Crippen LogP contribution in [0, 0.1) is 0 Å². The van der Waals surface area contributed by atoms with Gasteiger partial charge in [0.05, 0.1) is 12.8 Å². The van der Waals surface area contributed by atoms with E-state index in [9.17, 15) is 0 Å². The van der Waals surface area contributed by atoms with E-state index in [1.54, 1.807) is 16.8 Å². The maximum atomic E-state index is 8.87. The van der Waals surface area contributed by atoms with Crippen LogP contribution >= 0.6 is 11.3 Å². The normalized spacial score (nSPS) is 11.2. The Kier molecular flexibility index (Phi) is 1.84. The van der Waals surface area contributed by atoms with Crippen LogP contribution in [0.5, 0.6) is 0 Å². The third-order valence-corrected chi connectivity index (χ3v) is 2.65. The second-order valence-corrected chi connectivity index (χ2v) is 3.54. The predicted octanol–water partition coefficient (Wildman–Crippen LogP) is 0.380. The number of imidazole rings is 1. The van der Waals surface area contributed by atoms with Gasteiger partial charge in [-0.15, -0.1) is 11.3 Å². The lowest BCUT2D eigenvalue weighted by Gasteiger charge is -1.89. The lowest BCUT2D eigenvalue weighted by atomic mass is 10.6. The first-order valence-corrected chi connectivity index (χ1v) is 4.33. The summed E-state index contributed by atoms with van der Waals surface area (Å²) in [5, 5.41) is 17.7. The molecule has 0 aromatic carbocycles. The fourth-order valence-corrected chi connectivity index (χ4v) is 1.94. The Labute approximate surface area is 72.7 Å². The number of nitrogens with zero attached hydrogens (tertiary/aromatic N) is 2. The van der Waals surface area contributed by atoms with Crippen LogP contribution in [0.25, 0.3) is 4.83 Å². The van der Waals surface area contributed by atoms with Crippen LogP contribution in [-0.2, 0) is 13.2 Å². The molecule has 4 nitrogen and oxygen atoms in total. The third-order valence-electron chi connectivity index (χ3n) is 1.65. The minimum atomic E-state index is -0.0736. The van der Waals surface area contributed by atoms with Gasteiger partial charge >= 0.3 is 0 Å². The Hall–Kier alpha value is -0.910. The van der Waals surface area contributed by atoms with Crippen LogP contribution in [0.4, 0.5) is 0 Å². The number of rotatable bonds is 2. The van der Waals surface area contributed by atoms with Crippen LogP contribution in [0.15, 0.2) is 12.4 Å². The molecular formula is C7H8N2O2S. The molecule has 0 spiro atoms. The van der Waals surface area contributed by atoms with Crippen molar-refractivity contribution < 1.29 is 10.2 Å². The van der Waals surface area contributed by atoms with Crippen molar-refractivity contribution in [3.63, 3.8) is 0 Å². The zero-order valence-corrected chi connectivity index (χ0v) is 7.08. The zero-order chi connectivity index (χ0) is 8.55. The Morgan fingerprint density at radius 2 is 2.25 bits per heavy atom. The molecule has 0 unspecified atom stereocenters. The van der Waals surface area contributed by atoms with E-state index in [1.807, 2.05) is 0 Å². The van der Waals surface area contributed by atoms with Crippen molar-refractivity contribution in [3.05, 3.63) is 23.1 Å². The summed E-state index contributed by atoms with van der Waals surface area (Å²) in [6.45, 7) is -0.0347. The van der Waals surface area contributed by atoms with Crippen LogP contribution < -0.4 is 0 Å². The van der Waals surface area contributed by atoms with Crippen LogP contribution in [0.2, 0.25) is 0 Å². The van der Waals surface area contributed by atoms with Crippen molar-refractivity contribution in [2.45, 2.75) is 13.2 Å². The second kappa shape index (κ2) is 2.85. The summed E-state index contributed by atoms with van der Waals surface area (Å²) in [4.78, 5) is 5.82. The van der Waals surface area contributed by atoms with E-state index in [4.69, 9.17) is 10.2 Å². The van der Waals surface area contributed by atoms with Gasteiger partial charge in [0.2, 0.25) is 0 Å². The summed E-state index contributed by atoms with van der Waals surface area (Å²) in [7, 11) is 0. The molecule has 0 saturated heterocycles. The summed E-state index contributed by atoms with van der Waals surface area (Å²) in [5.41, 5.74) is 0. The summed E-state index contributed by atoms with van der Waals surface area (Å²) in [6.07, 6.45) is 3.48. The predicted molar refractivity (Wildman–Crippen MR) is 44.9 cm³/mol. The van der Waals surface area contributed by atoms with Gasteiger partial charge in [0.25, 0.3) is 0 Å². The number of aromatic nitrogens is 2. The number of aliphatic hydroxyl groups is 2. The molecule has 2 N–H and O–H groups in total. The molecule has 2 aromatic rings. The van der Waals surface area contributed by atoms with Crippen molar-refractivity contribution >= 4 is 16.2 Å². The van der Waals surface area contributed by atoms with Crippen molar-refractivity contribution in [2.75, 3.05) is 0 Å². The molecule has 0 aliphatic heterocycles. The molecule has 2 rings (SSSR count). The van der Waals surface area contributed by atoms with Gasteiger partial charge in [-0.2, -0.15) is 0 Å². The number of hydrogen-bond acceptors (Lipinski definition) is 4. The highest BCUT2D eigenvalue weighted by atomic mass is 32.1. The van der Waals surface area contributed by atoms with E-state index in [0.29, 0.717) is 5.82 Å². The summed E-state index contributed by atoms with van der Waals surface area (Å²) in [6, 6.07) is 0. The summed E-state index contributed by atoms with van der Waals surface area (Å²) in [5.74, 6) is 0.612. The number of thiazole rings is 1. The number of fused-ring (bicyclic) bond motifs is 1. The molecule has 0 amide bonds. The lowest BCUT2D eigenvalue weighted by molar-refractivity contribution is 0.270. The van der Waals surface area contributed by atoms with Gasteiger partial charge in [0, 0.05) is 11.1 Å². The van der Waals surface area contributed by atoms with Crippen LogP contribution in [0.1, 0.15) is 10.7 Å². The molecule has 0 fully saturated rings. The van der Waals surface area contributed by atoms with Crippen molar-refractivity contribution in [1.82, 2.24) is 9.38 Å². The summed E-state index contributed by atoms with van der Waals surface area (Å²) >= 11 is 1.47. The molecule has 2 heterocycles. The quantitative estimate of drug-likeness (QED) is 0.709. The van der Waals surface area contributed by atoms with Gasteiger partial charge in [-0.3, -0.25) is 4.40 Å². The maximum Gasteiger partial charge on any atom is 0.139 e. The highest BCUT2D eigenvalue weighted by molar-refractivity contribution is 7.17. The second-order valence-electron chi connectivity index (χ2n) is 2.40. The van der Waals surface area contributed by atoms with Crippen LogP contribution in [-0.4, -0.2) is 19.6 Å². The van der Waals surface area contributed by atoms with Gasteiger partial charge in [0.1, 0.15) is 17.3 Å². The van der Waals surface area contributed by atoms with Gasteiger partial charge in [0.15, 0.2) is 0 Å². The van der Waals surface area contributed by atoms with Gasteiger partial charge in [-0.05, 0) is 0 Å². The number of aliphatic hydroxyl groups excluding tert-OH is 2. The minimum absolute atomic E-state index is 0.0389. The Morgan fingerprint density at radius 3 is 2.92 bits per heavy atom. The van der Waals surface area contributed by atoms with Crippen molar-refractivity contribution in [3.8, 4) is 0 Å². The monoisotopic (exact) mass is 184 g/mol. The van der Waals surface area contributed by atoms with Gasteiger partial charge in [-0.25, -0.2) is 4.98 Å². The first-order chi connectivity index (χ1) is 5.85. The maximum absolute atomic E-state index is 8.87. The number of hydrogen-bond donors (Lipinski definition) is 2. The first-order valence-electron chi connectivity index (χ1n) is 3.51. The Morgan fingerprint density at radius 1 is 1.42 bits per heavy atom. The fraction of sp³-hybridized carbons (Fsp3) is 0.286. The van der Waals surface area contributed by atoms with E-state index in [-0.39, 0.29) is 13.2 Å². The third kappa shape index (κ3) is 1.03. The van der Waals surface area contributed by atoms with Gasteiger partial charge < -0.3 is 10.2 Å². The molecule has 0 radical (unpaired) electrons. The highest BCUT2D eigenvalue weighted by Crippen LogP contribution is 2.19. The topological polar surface area (TPSA) is 57.8 Å². The SMILES string of the molecule is OCc1cn2c(CO)ncc2s1. The highest BCUT2D eigenvalue weighted by Gasteiger charge is 2.05.